The number of hydrogen-bond acceptors (Lipinski definition) is 2. The molecular formula is C14H17NO3. The van der Waals surface area contributed by atoms with Crippen LogP contribution in [0.15, 0.2) is 18.2 Å². The Morgan fingerprint density at radius 1 is 1.39 bits per heavy atom. The number of carboxylic acids is 1. The number of carbonyl (C=O) groups excluding carboxylic acids is 1. The van der Waals surface area contributed by atoms with E-state index in [4.69, 9.17) is 5.11 Å². The van der Waals surface area contributed by atoms with Crippen LogP contribution in [0.3, 0.4) is 0 Å². The molecule has 1 saturated carbocycles. The number of anilines is 1. The van der Waals surface area contributed by atoms with E-state index in [1.54, 1.807) is 19.1 Å². The maximum atomic E-state index is 11.9. The highest BCUT2D eigenvalue weighted by Gasteiger charge is 2.50. The summed E-state index contributed by atoms with van der Waals surface area (Å²) in [4.78, 5) is 22.8. The minimum atomic E-state index is -0.950. The third-order valence-electron chi connectivity index (χ3n) is 3.55. The van der Waals surface area contributed by atoms with Gasteiger partial charge in [0, 0.05) is 11.6 Å². The van der Waals surface area contributed by atoms with Crippen molar-refractivity contribution in [2.24, 2.45) is 11.3 Å². The molecule has 0 radical (unpaired) electrons. The van der Waals surface area contributed by atoms with E-state index in [2.05, 4.69) is 19.2 Å². The normalized spacial score (nSPS) is 20.3. The SMILES string of the molecule is Cc1cc(NC(=O)[C@H]2CC2(C)C)ccc1C(=O)O. The minimum Gasteiger partial charge on any atom is -0.478 e. The number of aromatic carboxylic acids is 1. The van der Waals surface area contributed by atoms with Crippen LogP contribution >= 0.6 is 0 Å². The van der Waals surface area contributed by atoms with E-state index in [1.165, 1.54) is 6.07 Å². The first-order valence-corrected chi connectivity index (χ1v) is 5.96. The Morgan fingerprint density at radius 2 is 2.00 bits per heavy atom. The highest BCUT2D eigenvalue weighted by molar-refractivity contribution is 5.96. The molecule has 4 nitrogen and oxygen atoms in total. The summed E-state index contributed by atoms with van der Waals surface area (Å²) in [6.07, 6.45) is 0.908. The van der Waals surface area contributed by atoms with Crippen LogP contribution < -0.4 is 5.32 Å². The summed E-state index contributed by atoms with van der Waals surface area (Å²) in [6.45, 7) is 5.85. The van der Waals surface area contributed by atoms with E-state index in [0.717, 1.165) is 6.42 Å². The van der Waals surface area contributed by atoms with E-state index in [1.807, 2.05) is 0 Å². The van der Waals surface area contributed by atoms with Gasteiger partial charge < -0.3 is 10.4 Å². The number of nitrogens with one attached hydrogen (secondary N) is 1. The molecule has 0 aromatic heterocycles. The first-order valence-electron chi connectivity index (χ1n) is 5.96. The van der Waals surface area contributed by atoms with E-state index in [-0.39, 0.29) is 22.8 Å². The van der Waals surface area contributed by atoms with Gasteiger partial charge in [0.25, 0.3) is 0 Å². The zero-order valence-electron chi connectivity index (χ0n) is 10.8. The number of carboxylic acid groups (broad SMARTS) is 1. The lowest BCUT2D eigenvalue weighted by molar-refractivity contribution is -0.118. The maximum Gasteiger partial charge on any atom is 0.335 e. The molecule has 0 spiro atoms. The molecular weight excluding hydrogens is 230 g/mol. The average molecular weight is 247 g/mol. The average Bonchev–Trinajstić information content (AvgIpc) is 2.87. The van der Waals surface area contributed by atoms with Crippen molar-refractivity contribution in [1.82, 2.24) is 0 Å². The molecule has 0 heterocycles. The molecule has 2 N–H and O–H groups in total. The van der Waals surface area contributed by atoms with E-state index in [0.29, 0.717) is 11.3 Å². The Morgan fingerprint density at radius 3 is 2.44 bits per heavy atom. The summed E-state index contributed by atoms with van der Waals surface area (Å²) >= 11 is 0. The van der Waals surface area contributed by atoms with Gasteiger partial charge in [-0.15, -0.1) is 0 Å². The second-order valence-electron chi connectivity index (χ2n) is 5.57. The fourth-order valence-corrected chi connectivity index (χ4v) is 2.13. The van der Waals surface area contributed by atoms with Gasteiger partial charge in [0.1, 0.15) is 0 Å². The first kappa shape index (κ1) is 12.6. The van der Waals surface area contributed by atoms with Crippen LogP contribution in [0, 0.1) is 18.3 Å². The Balaban J connectivity index is 2.09. The molecule has 96 valence electrons. The predicted molar refractivity (Wildman–Crippen MR) is 68.7 cm³/mol. The molecule has 1 fully saturated rings. The van der Waals surface area contributed by atoms with Crippen LogP contribution in [0.25, 0.3) is 0 Å². The van der Waals surface area contributed by atoms with Crippen molar-refractivity contribution in [1.29, 1.82) is 0 Å². The molecule has 2 rings (SSSR count). The van der Waals surface area contributed by atoms with Crippen molar-refractivity contribution in [3.8, 4) is 0 Å². The summed E-state index contributed by atoms with van der Waals surface area (Å²) < 4.78 is 0. The van der Waals surface area contributed by atoms with Crippen molar-refractivity contribution < 1.29 is 14.7 Å². The third-order valence-corrected chi connectivity index (χ3v) is 3.55. The highest BCUT2D eigenvalue weighted by Crippen LogP contribution is 2.51. The molecule has 1 aliphatic carbocycles. The van der Waals surface area contributed by atoms with E-state index >= 15 is 0 Å². The van der Waals surface area contributed by atoms with Gasteiger partial charge in [0.2, 0.25) is 5.91 Å². The molecule has 0 aliphatic heterocycles. The standard InChI is InChI=1S/C14H17NO3/c1-8-6-9(4-5-10(8)13(17)18)15-12(16)11-7-14(11,2)3/h4-6,11H,7H2,1-3H3,(H,15,16)(H,17,18)/t11-/m1/s1. The van der Waals surface area contributed by atoms with Crippen molar-refractivity contribution in [2.45, 2.75) is 27.2 Å². The second kappa shape index (κ2) is 4.12. The lowest BCUT2D eigenvalue weighted by Gasteiger charge is -2.08. The lowest BCUT2D eigenvalue weighted by Crippen LogP contribution is -2.16. The van der Waals surface area contributed by atoms with Crippen LogP contribution in [0.5, 0.6) is 0 Å². The van der Waals surface area contributed by atoms with Gasteiger partial charge in [-0.3, -0.25) is 4.79 Å². The van der Waals surface area contributed by atoms with Crippen molar-refractivity contribution in [3.05, 3.63) is 29.3 Å². The number of hydrogen-bond donors (Lipinski definition) is 2. The molecule has 1 amide bonds. The molecule has 18 heavy (non-hydrogen) atoms. The first-order chi connectivity index (χ1) is 8.31. The summed E-state index contributed by atoms with van der Waals surface area (Å²) in [5.74, 6) is -0.867. The van der Waals surface area contributed by atoms with Crippen LogP contribution in [0.4, 0.5) is 5.69 Å². The van der Waals surface area contributed by atoms with Gasteiger partial charge in [-0.1, -0.05) is 13.8 Å². The van der Waals surface area contributed by atoms with Crippen LogP contribution in [-0.4, -0.2) is 17.0 Å². The lowest BCUT2D eigenvalue weighted by atomic mass is 10.1. The quantitative estimate of drug-likeness (QED) is 0.863. The molecule has 0 bridgehead atoms. The Hall–Kier alpha value is -1.84. The number of amides is 1. The Kier molecular flexibility index (Phi) is 2.89. The molecule has 1 aliphatic rings. The Labute approximate surface area is 106 Å². The Bertz CT molecular complexity index is 520. The van der Waals surface area contributed by atoms with E-state index < -0.39 is 5.97 Å². The number of benzene rings is 1. The van der Waals surface area contributed by atoms with Gasteiger partial charge in [-0.05, 0) is 42.5 Å². The molecule has 0 saturated heterocycles. The number of aryl methyl sites for hydroxylation is 1. The predicted octanol–water partition coefficient (Wildman–Crippen LogP) is 2.68. The topological polar surface area (TPSA) is 66.4 Å². The highest BCUT2D eigenvalue weighted by atomic mass is 16.4. The maximum absolute atomic E-state index is 11.9. The summed E-state index contributed by atoms with van der Waals surface area (Å²) in [5.41, 5.74) is 1.67. The van der Waals surface area contributed by atoms with Gasteiger partial charge in [0.15, 0.2) is 0 Å². The molecule has 4 heteroatoms. The number of carbonyl (C=O) groups is 2. The number of rotatable bonds is 3. The summed E-state index contributed by atoms with van der Waals surface area (Å²) in [6, 6.07) is 4.84. The molecule has 0 unspecified atom stereocenters. The third kappa shape index (κ3) is 2.37. The molecule has 1 aromatic carbocycles. The zero-order chi connectivity index (χ0) is 13.5. The van der Waals surface area contributed by atoms with E-state index in [9.17, 15) is 9.59 Å². The van der Waals surface area contributed by atoms with Gasteiger partial charge in [0.05, 0.1) is 5.56 Å². The van der Waals surface area contributed by atoms with Crippen molar-refractivity contribution in [3.63, 3.8) is 0 Å². The second-order valence-corrected chi connectivity index (χ2v) is 5.57. The minimum absolute atomic E-state index is 0.0162. The summed E-state index contributed by atoms with van der Waals surface area (Å²) in [5, 5.41) is 11.8. The van der Waals surface area contributed by atoms with Crippen LogP contribution in [-0.2, 0) is 4.79 Å². The fraction of sp³-hybridized carbons (Fsp3) is 0.429. The molecule has 1 aromatic rings. The molecule has 1 atom stereocenters. The van der Waals surface area contributed by atoms with Gasteiger partial charge in [-0.25, -0.2) is 4.79 Å². The van der Waals surface area contributed by atoms with Crippen molar-refractivity contribution >= 4 is 17.6 Å². The van der Waals surface area contributed by atoms with Crippen LogP contribution in [0.2, 0.25) is 0 Å². The smallest absolute Gasteiger partial charge is 0.335 e. The largest absolute Gasteiger partial charge is 0.478 e. The monoisotopic (exact) mass is 247 g/mol. The fourth-order valence-electron chi connectivity index (χ4n) is 2.13. The summed E-state index contributed by atoms with van der Waals surface area (Å²) in [7, 11) is 0. The zero-order valence-corrected chi connectivity index (χ0v) is 10.8. The van der Waals surface area contributed by atoms with Gasteiger partial charge >= 0.3 is 5.97 Å². The van der Waals surface area contributed by atoms with Crippen molar-refractivity contribution in [2.75, 3.05) is 5.32 Å². The van der Waals surface area contributed by atoms with Crippen LogP contribution in [0.1, 0.15) is 36.2 Å². The van der Waals surface area contributed by atoms with Gasteiger partial charge in [-0.2, -0.15) is 0 Å².